The molecule has 2 heterocycles. The summed E-state index contributed by atoms with van der Waals surface area (Å²) in [7, 11) is 0. The van der Waals surface area contributed by atoms with Gasteiger partial charge >= 0.3 is 0 Å². The lowest BCUT2D eigenvalue weighted by Gasteiger charge is -1.97. The number of rotatable bonds is 4. The first-order valence-electron chi connectivity index (χ1n) is 5.24. The van der Waals surface area contributed by atoms with Crippen LogP contribution in [-0.4, -0.2) is 15.9 Å². The standard InChI is InChI=1S/C12H13N3O2/c1-9-2-3-10(17-9)4-5-12(16)15-8-11-13-6-7-14-11/h2-7H,8H2,1H3,(H,13,14)(H,15,16). The topological polar surface area (TPSA) is 70.9 Å². The molecular formula is C12H13N3O2. The van der Waals surface area contributed by atoms with Crippen molar-refractivity contribution in [3.63, 3.8) is 0 Å². The molecule has 5 nitrogen and oxygen atoms in total. The number of amides is 1. The maximum absolute atomic E-state index is 11.4. The zero-order valence-electron chi connectivity index (χ0n) is 9.43. The number of nitrogens with one attached hydrogen (secondary N) is 2. The van der Waals surface area contributed by atoms with Gasteiger partial charge < -0.3 is 14.7 Å². The molecule has 0 aliphatic heterocycles. The summed E-state index contributed by atoms with van der Waals surface area (Å²) >= 11 is 0. The molecule has 0 aromatic carbocycles. The second kappa shape index (κ2) is 5.16. The van der Waals surface area contributed by atoms with E-state index in [2.05, 4.69) is 15.3 Å². The van der Waals surface area contributed by atoms with Gasteiger partial charge in [0.2, 0.25) is 5.91 Å². The van der Waals surface area contributed by atoms with Gasteiger partial charge in [-0.25, -0.2) is 4.98 Å². The SMILES string of the molecule is Cc1ccc(C=CC(=O)NCc2ncc[nH]2)o1. The van der Waals surface area contributed by atoms with Gasteiger partial charge in [-0.05, 0) is 25.1 Å². The summed E-state index contributed by atoms with van der Waals surface area (Å²) in [5.41, 5.74) is 0. The molecule has 2 aromatic rings. The fourth-order valence-corrected chi connectivity index (χ4v) is 1.33. The van der Waals surface area contributed by atoms with Gasteiger partial charge in [-0.3, -0.25) is 4.79 Å². The van der Waals surface area contributed by atoms with E-state index in [1.54, 1.807) is 18.5 Å². The Balaban J connectivity index is 1.83. The third-order valence-electron chi connectivity index (χ3n) is 2.15. The van der Waals surface area contributed by atoms with Crippen LogP contribution in [0.4, 0.5) is 0 Å². The number of aromatic nitrogens is 2. The van der Waals surface area contributed by atoms with Crippen molar-refractivity contribution in [1.29, 1.82) is 0 Å². The van der Waals surface area contributed by atoms with Crippen molar-refractivity contribution in [1.82, 2.24) is 15.3 Å². The van der Waals surface area contributed by atoms with E-state index in [1.165, 1.54) is 6.08 Å². The Morgan fingerprint density at radius 2 is 2.47 bits per heavy atom. The Morgan fingerprint density at radius 1 is 1.59 bits per heavy atom. The zero-order valence-corrected chi connectivity index (χ0v) is 9.43. The predicted molar refractivity (Wildman–Crippen MR) is 62.9 cm³/mol. The Kier molecular flexibility index (Phi) is 3.40. The van der Waals surface area contributed by atoms with E-state index in [1.807, 2.05) is 19.1 Å². The van der Waals surface area contributed by atoms with Crippen molar-refractivity contribution < 1.29 is 9.21 Å². The highest BCUT2D eigenvalue weighted by Gasteiger charge is 1.99. The molecule has 2 N–H and O–H groups in total. The van der Waals surface area contributed by atoms with Gasteiger partial charge in [0, 0.05) is 18.5 Å². The van der Waals surface area contributed by atoms with Crippen molar-refractivity contribution in [2.75, 3.05) is 0 Å². The molecule has 0 unspecified atom stereocenters. The number of aromatic amines is 1. The summed E-state index contributed by atoms with van der Waals surface area (Å²) in [4.78, 5) is 18.3. The highest BCUT2D eigenvalue weighted by atomic mass is 16.3. The fourth-order valence-electron chi connectivity index (χ4n) is 1.33. The molecule has 0 fully saturated rings. The van der Waals surface area contributed by atoms with E-state index in [0.29, 0.717) is 12.3 Å². The van der Waals surface area contributed by atoms with Gasteiger partial charge in [0.1, 0.15) is 17.3 Å². The van der Waals surface area contributed by atoms with Crippen molar-refractivity contribution in [3.05, 3.63) is 47.9 Å². The van der Waals surface area contributed by atoms with Crippen LogP contribution in [0.3, 0.4) is 0 Å². The van der Waals surface area contributed by atoms with E-state index in [4.69, 9.17) is 4.42 Å². The van der Waals surface area contributed by atoms with Crippen molar-refractivity contribution in [3.8, 4) is 0 Å². The Bertz CT molecular complexity index is 512. The number of nitrogens with zero attached hydrogens (tertiary/aromatic N) is 1. The number of hydrogen-bond acceptors (Lipinski definition) is 3. The normalized spacial score (nSPS) is 10.9. The molecule has 2 aromatic heterocycles. The number of imidazole rings is 1. The molecule has 88 valence electrons. The maximum Gasteiger partial charge on any atom is 0.244 e. The van der Waals surface area contributed by atoms with Crippen LogP contribution >= 0.6 is 0 Å². The van der Waals surface area contributed by atoms with Crippen LogP contribution in [-0.2, 0) is 11.3 Å². The minimum Gasteiger partial charge on any atom is -0.462 e. The second-order valence-electron chi connectivity index (χ2n) is 3.54. The molecule has 0 spiro atoms. The minimum absolute atomic E-state index is 0.185. The highest BCUT2D eigenvalue weighted by molar-refractivity contribution is 5.91. The molecule has 0 aliphatic carbocycles. The van der Waals surface area contributed by atoms with Crippen LogP contribution < -0.4 is 5.32 Å². The first-order chi connectivity index (χ1) is 8.24. The molecule has 0 radical (unpaired) electrons. The van der Waals surface area contributed by atoms with Crippen molar-refractivity contribution >= 4 is 12.0 Å². The van der Waals surface area contributed by atoms with Crippen molar-refractivity contribution in [2.45, 2.75) is 13.5 Å². The number of carbonyl (C=O) groups is 1. The number of hydrogen-bond donors (Lipinski definition) is 2. The average molecular weight is 231 g/mol. The number of aryl methyl sites for hydroxylation is 1. The largest absolute Gasteiger partial charge is 0.462 e. The van der Waals surface area contributed by atoms with Gasteiger partial charge in [-0.1, -0.05) is 0 Å². The maximum atomic E-state index is 11.4. The van der Waals surface area contributed by atoms with Gasteiger partial charge in [0.05, 0.1) is 6.54 Å². The predicted octanol–water partition coefficient (Wildman–Crippen LogP) is 1.64. The molecule has 0 bridgehead atoms. The molecule has 2 rings (SSSR count). The monoisotopic (exact) mass is 231 g/mol. The second-order valence-corrected chi connectivity index (χ2v) is 3.54. The molecule has 5 heteroatoms. The molecular weight excluding hydrogens is 218 g/mol. The van der Waals surface area contributed by atoms with Crippen LogP contribution in [0.25, 0.3) is 6.08 Å². The summed E-state index contributed by atoms with van der Waals surface area (Å²) in [5.74, 6) is 2.02. The first kappa shape index (κ1) is 11.2. The summed E-state index contributed by atoms with van der Waals surface area (Å²) in [5, 5.41) is 2.70. The first-order valence-corrected chi connectivity index (χ1v) is 5.24. The number of furan rings is 1. The Labute approximate surface area is 98.6 Å². The summed E-state index contributed by atoms with van der Waals surface area (Å²) in [6.07, 6.45) is 6.41. The average Bonchev–Trinajstić information content (AvgIpc) is 2.95. The zero-order chi connectivity index (χ0) is 12.1. The fraction of sp³-hybridized carbons (Fsp3) is 0.167. The molecule has 1 amide bonds. The third-order valence-corrected chi connectivity index (χ3v) is 2.15. The van der Waals surface area contributed by atoms with Crippen LogP contribution in [0.2, 0.25) is 0 Å². The number of carbonyl (C=O) groups excluding carboxylic acids is 1. The van der Waals surface area contributed by atoms with Crippen LogP contribution in [0.5, 0.6) is 0 Å². The molecule has 0 atom stereocenters. The summed E-state index contributed by atoms with van der Waals surface area (Å²) in [6.45, 7) is 2.24. The van der Waals surface area contributed by atoms with E-state index in [9.17, 15) is 4.79 Å². The lowest BCUT2D eigenvalue weighted by Crippen LogP contribution is -2.20. The van der Waals surface area contributed by atoms with E-state index in [0.717, 1.165) is 11.6 Å². The van der Waals surface area contributed by atoms with Crippen LogP contribution in [0.15, 0.2) is 35.0 Å². The molecule has 17 heavy (non-hydrogen) atoms. The lowest BCUT2D eigenvalue weighted by atomic mass is 10.4. The van der Waals surface area contributed by atoms with Crippen LogP contribution in [0.1, 0.15) is 17.3 Å². The molecule has 0 saturated carbocycles. The van der Waals surface area contributed by atoms with Crippen molar-refractivity contribution in [2.24, 2.45) is 0 Å². The van der Waals surface area contributed by atoms with Crippen LogP contribution in [0, 0.1) is 6.92 Å². The van der Waals surface area contributed by atoms with Gasteiger partial charge in [-0.2, -0.15) is 0 Å². The number of H-pyrrole nitrogens is 1. The smallest absolute Gasteiger partial charge is 0.244 e. The Hall–Kier alpha value is -2.30. The lowest BCUT2D eigenvalue weighted by molar-refractivity contribution is -0.116. The Morgan fingerprint density at radius 3 is 3.12 bits per heavy atom. The highest BCUT2D eigenvalue weighted by Crippen LogP contribution is 2.07. The minimum atomic E-state index is -0.185. The molecule has 0 aliphatic rings. The quantitative estimate of drug-likeness (QED) is 0.786. The molecule has 0 saturated heterocycles. The summed E-state index contributed by atoms with van der Waals surface area (Å²) in [6, 6.07) is 3.66. The van der Waals surface area contributed by atoms with E-state index >= 15 is 0 Å². The summed E-state index contributed by atoms with van der Waals surface area (Å²) < 4.78 is 5.30. The van der Waals surface area contributed by atoms with Gasteiger partial charge in [0.15, 0.2) is 0 Å². The van der Waals surface area contributed by atoms with E-state index < -0.39 is 0 Å². The van der Waals surface area contributed by atoms with E-state index in [-0.39, 0.29) is 5.91 Å². The van der Waals surface area contributed by atoms with Gasteiger partial charge in [0.25, 0.3) is 0 Å². The van der Waals surface area contributed by atoms with Gasteiger partial charge in [-0.15, -0.1) is 0 Å². The third kappa shape index (κ3) is 3.34.